The summed E-state index contributed by atoms with van der Waals surface area (Å²) in [5.41, 5.74) is 9.67. The van der Waals surface area contributed by atoms with Crippen molar-refractivity contribution < 1.29 is 8.42 Å². The Balaban J connectivity index is 1.14. The standard InChI is InChI=1S/C27H36N8O2S/c1-38(36,37)35-15-11-24(33-35)23-18-34(27-25(23)26(28)31-19-32-27)22-9-8-21(16-22)17-30-13-5-12-29-14-10-20-6-3-2-4-7-20/h2-4,6-7,11,15,18-19,21-22,29-30H,5,8-10,12-14,16-17H2,1H3,(H2,28,31,32)/t21-,22+/m1/s1. The van der Waals surface area contributed by atoms with E-state index in [1.807, 2.05) is 6.20 Å². The van der Waals surface area contributed by atoms with E-state index >= 15 is 0 Å². The Hall–Kier alpha value is -3.28. The summed E-state index contributed by atoms with van der Waals surface area (Å²) in [6.07, 6.45) is 11.5. The molecule has 1 aromatic carbocycles. The normalized spacial score (nSPS) is 17.9. The molecule has 0 spiro atoms. The number of nitrogens with zero attached hydrogens (tertiary/aromatic N) is 5. The second-order valence-corrected chi connectivity index (χ2v) is 12.0. The summed E-state index contributed by atoms with van der Waals surface area (Å²) in [6, 6.07) is 12.5. The van der Waals surface area contributed by atoms with Gasteiger partial charge in [0.25, 0.3) is 10.0 Å². The number of hydrogen-bond donors (Lipinski definition) is 3. The summed E-state index contributed by atoms with van der Waals surface area (Å²) in [5.74, 6) is 0.960. The molecule has 1 saturated carbocycles. The highest BCUT2D eigenvalue weighted by Crippen LogP contribution is 2.40. The molecule has 38 heavy (non-hydrogen) atoms. The Morgan fingerprint density at radius 2 is 1.87 bits per heavy atom. The first-order chi connectivity index (χ1) is 18.4. The number of hydrogen-bond acceptors (Lipinski definition) is 8. The van der Waals surface area contributed by atoms with Crippen LogP contribution in [0.1, 0.15) is 37.3 Å². The van der Waals surface area contributed by atoms with Crippen molar-refractivity contribution in [1.29, 1.82) is 0 Å². The third-order valence-electron chi connectivity index (χ3n) is 7.30. The first-order valence-corrected chi connectivity index (χ1v) is 15.1. The van der Waals surface area contributed by atoms with Crippen molar-refractivity contribution in [2.24, 2.45) is 5.92 Å². The predicted octanol–water partition coefficient (Wildman–Crippen LogP) is 2.84. The smallest absolute Gasteiger partial charge is 0.250 e. The van der Waals surface area contributed by atoms with Gasteiger partial charge in [0.05, 0.1) is 17.3 Å². The lowest BCUT2D eigenvalue weighted by molar-refractivity contribution is 0.452. The fourth-order valence-corrected chi connectivity index (χ4v) is 5.87. The number of nitrogen functional groups attached to an aromatic ring is 1. The Kier molecular flexibility index (Phi) is 8.06. The van der Waals surface area contributed by atoms with Gasteiger partial charge in [-0.2, -0.15) is 9.19 Å². The van der Waals surface area contributed by atoms with E-state index in [2.05, 4.69) is 60.6 Å². The highest BCUT2D eigenvalue weighted by Gasteiger charge is 2.29. The van der Waals surface area contributed by atoms with E-state index in [1.165, 1.54) is 18.1 Å². The molecule has 202 valence electrons. The fraction of sp³-hybridized carbons (Fsp3) is 0.444. The van der Waals surface area contributed by atoms with Crippen molar-refractivity contribution >= 4 is 26.9 Å². The molecule has 2 atom stereocenters. The molecular weight excluding hydrogens is 500 g/mol. The quantitative estimate of drug-likeness (QED) is 0.236. The Labute approximate surface area is 223 Å². The second-order valence-electron chi connectivity index (χ2n) is 10.1. The maximum atomic E-state index is 11.9. The minimum atomic E-state index is -3.47. The van der Waals surface area contributed by atoms with E-state index < -0.39 is 10.0 Å². The molecular formula is C27H36N8O2S. The van der Waals surface area contributed by atoms with Crippen LogP contribution in [0.2, 0.25) is 0 Å². The number of aromatic nitrogens is 5. The molecule has 0 radical (unpaired) electrons. The summed E-state index contributed by atoms with van der Waals surface area (Å²) in [4.78, 5) is 8.72. The van der Waals surface area contributed by atoms with Crippen molar-refractivity contribution in [2.45, 2.75) is 38.1 Å². The van der Waals surface area contributed by atoms with Gasteiger partial charge in [0.1, 0.15) is 17.8 Å². The molecule has 10 nitrogen and oxygen atoms in total. The van der Waals surface area contributed by atoms with Crippen LogP contribution in [0.25, 0.3) is 22.3 Å². The van der Waals surface area contributed by atoms with Gasteiger partial charge in [0.2, 0.25) is 0 Å². The van der Waals surface area contributed by atoms with E-state index in [-0.39, 0.29) is 0 Å². The molecule has 4 aromatic rings. The van der Waals surface area contributed by atoms with Crippen LogP contribution in [0.4, 0.5) is 5.82 Å². The van der Waals surface area contributed by atoms with Crippen LogP contribution in [0.15, 0.2) is 55.1 Å². The Morgan fingerprint density at radius 3 is 2.66 bits per heavy atom. The molecule has 0 bridgehead atoms. The molecule has 3 heterocycles. The molecule has 0 saturated heterocycles. The average Bonchev–Trinajstić information content (AvgIpc) is 3.65. The number of rotatable bonds is 12. The largest absolute Gasteiger partial charge is 0.383 e. The Bertz CT molecular complexity index is 1470. The van der Waals surface area contributed by atoms with E-state index in [9.17, 15) is 8.42 Å². The molecule has 11 heteroatoms. The number of nitrogens with two attached hydrogens (primary N) is 1. The van der Waals surface area contributed by atoms with Gasteiger partial charge in [-0.3, -0.25) is 0 Å². The van der Waals surface area contributed by atoms with Crippen molar-refractivity contribution in [3.8, 4) is 11.3 Å². The lowest BCUT2D eigenvalue weighted by atomic mass is 10.1. The zero-order valence-corrected chi connectivity index (χ0v) is 22.6. The summed E-state index contributed by atoms with van der Waals surface area (Å²) in [7, 11) is -3.47. The van der Waals surface area contributed by atoms with Crippen LogP contribution < -0.4 is 16.4 Å². The van der Waals surface area contributed by atoms with Crippen molar-refractivity contribution in [1.82, 2.24) is 34.4 Å². The summed E-state index contributed by atoms with van der Waals surface area (Å²) >= 11 is 0. The fourth-order valence-electron chi connectivity index (χ4n) is 5.35. The van der Waals surface area contributed by atoms with Crippen LogP contribution in [0, 0.1) is 5.92 Å². The molecule has 0 amide bonds. The maximum Gasteiger partial charge on any atom is 0.250 e. The number of fused-ring (bicyclic) bond motifs is 1. The monoisotopic (exact) mass is 536 g/mol. The maximum absolute atomic E-state index is 11.9. The summed E-state index contributed by atoms with van der Waals surface area (Å²) in [6.45, 7) is 4.02. The van der Waals surface area contributed by atoms with E-state index in [1.54, 1.807) is 6.07 Å². The zero-order chi connectivity index (χ0) is 26.5. The van der Waals surface area contributed by atoms with Crippen LogP contribution >= 0.6 is 0 Å². The topological polar surface area (TPSA) is 133 Å². The van der Waals surface area contributed by atoms with E-state index in [0.717, 1.165) is 79.8 Å². The summed E-state index contributed by atoms with van der Waals surface area (Å²) < 4.78 is 27.0. The lowest BCUT2D eigenvalue weighted by Gasteiger charge is -2.15. The summed E-state index contributed by atoms with van der Waals surface area (Å²) in [5, 5.41) is 12.2. The van der Waals surface area contributed by atoms with Gasteiger partial charge in [0.15, 0.2) is 0 Å². The van der Waals surface area contributed by atoms with Crippen molar-refractivity contribution in [3.05, 3.63) is 60.7 Å². The third kappa shape index (κ3) is 6.06. The SMILES string of the molecule is CS(=O)(=O)n1ccc(-c2cn([C@H]3CC[C@@H](CNCCCNCCc4ccccc4)C3)c3ncnc(N)c23)n1. The molecule has 0 aliphatic heterocycles. The van der Waals surface area contributed by atoms with E-state index in [4.69, 9.17) is 5.73 Å². The predicted molar refractivity (Wildman–Crippen MR) is 150 cm³/mol. The van der Waals surface area contributed by atoms with Gasteiger partial charge >= 0.3 is 0 Å². The van der Waals surface area contributed by atoms with Crippen LogP contribution in [-0.4, -0.2) is 64.6 Å². The van der Waals surface area contributed by atoms with Gasteiger partial charge in [0, 0.05) is 24.0 Å². The molecule has 1 fully saturated rings. The van der Waals surface area contributed by atoms with Gasteiger partial charge in [-0.05, 0) is 75.8 Å². The number of anilines is 1. The highest BCUT2D eigenvalue weighted by molar-refractivity contribution is 7.89. The molecule has 3 aromatic heterocycles. The lowest BCUT2D eigenvalue weighted by Crippen LogP contribution is -2.26. The van der Waals surface area contributed by atoms with Gasteiger partial charge < -0.3 is 20.9 Å². The second kappa shape index (κ2) is 11.6. The highest BCUT2D eigenvalue weighted by atomic mass is 32.2. The first kappa shape index (κ1) is 26.3. The van der Waals surface area contributed by atoms with Crippen LogP contribution in [0.5, 0.6) is 0 Å². The molecule has 1 aliphatic rings. The molecule has 4 N–H and O–H groups in total. The minimum Gasteiger partial charge on any atom is -0.383 e. The van der Waals surface area contributed by atoms with Crippen molar-refractivity contribution in [3.63, 3.8) is 0 Å². The van der Waals surface area contributed by atoms with Gasteiger partial charge in [-0.25, -0.2) is 18.4 Å². The first-order valence-electron chi connectivity index (χ1n) is 13.2. The number of benzene rings is 1. The Morgan fingerprint density at radius 1 is 1.05 bits per heavy atom. The molecule has 0 unspecified atom stereocenters. The number of nitrogens with one attached hydrogen (secondary N) is 2. The third-order valence-corrected chi connectivity index (χ3v) is 8.18. The van der Waals surface area contributed by atoms with Gasteiger partial charge in [-0.15, -0.1) is 0 Å². The molecule has 1 aliphatic carbocycles. The molecule has 5 rings (SSSR count). The van der Waals surface area contributed by atoms with Crippen LogP contribution in [0.3, 0.4) is 0 Å². The zero-order valence-electron chi connectivity index (χ0n) is 21.8. The van der Waals surface area contributed by atoms with Gasteiger partial charge in [-0.1, -0.05) is 30.3 Å². The average molecular weight is 537 g/mol. The van der Waals surface area contributed by atoms with Crippen LogP contribution in [-0.2, 0) is 16.4 Å². The minimum absolute atomic E-state index is 0.295. The van der Waals surface area contributed by atoms with Crippen molar-refractivity contribution in [2.75, 3.05) is 38.2 Å². The van der Waals surface area contributed by atoms with E-state index in [0.29, 0.717) is 28.9 Å².